The number of anilines is 1. The largest absolute Gasteiger partial charge is 0.481 e. The van der Waals surface area contributed by atoms with Crippen molar-refractivity contribution in [2.24, 2.45) is 5.92 Å². The first kappa shape index (κ1) is 24.5. The third-order valence-corrected chi connectivity index (χ3v) is 8.00. The predicted molar refractivity (Wildman–Crippen MR) is 134 cm³/mol. The summed E-state index contributed by atoms with van der Waals surface area (Å²) in [4.78, 5) is 41.0. The molecule has 4 rings (SSSR count). The molecule has 3 amide bonds. The van der Waals surface area contributed by atoms with Crippen molar-refractivity contribution < 1.29 is 19.5 Å². The topological polar surface area (TPSA) is 90.0 Å². The highest BCUT2D eigenvalue weighted by Gasteiger charge is 2.33. The van der Waals surface area contributed by atoms with E-state index < -0.39 is 11.9 Å². The summed E-state index contributed by atoms with van der Waals surface area (Å²) < 4.78 is 0.714. The Kier molecular flexibility index (Phi) is 7.48. The van der Waals surface area contributed by atoms with E-state index in [1.165, 1.54) is 0 Å². The van der Waals surface area contributed by atoms with E-state index >= 15 is 0 Å². The number of piperidine rings is 1. The first-order valence-corrected chi connectivity index (χ1v) is 12.5. The van der Waals surface area contributed by atoms with Crippen molar-refractivity contribution in [3.8, 4) is 0 Å². The van der Waals surface area contributed by atoms with Gasteiger partial charge in [0.2, 0.25) is 5.91 Å². The van der Waals surface area contributed by atoms with Crippen molar-refractivity contribution in [2.45, 2.75) is 45.2 Å². The van der Waals surface area contributed by atoms with Crippen molar-refractivity contribution in [2.75, 3.05) is 18.4 Å². The van der Waals surface area contributed by atoms with Crippen LogP contribution in [0, 0.1) is 12.8 Å². The van der Waals surface area contributed by atoms with E-state index in [1.807, 2.05) is 48.2 Å². The molecule has 0 radical (unpaired) electrons. The smallest absolute Gasteiger partial charge is 0.322 e. The number of hydrogen-bond acceptors (Lipinski definition) is 3. The van der Waals surface area contributed by atoms with Crippen LogP contribution in [-0.4, -0.2) is 51.9 Å². The Morgan fingerprint density at radius 2 is 1.94 bits per heavy atom. The second-order valence-electron chi connectivity index (χ2n) is 8.98. The van der Waals surface area contributed by atoms with Gasteiger partial charge in [-0.15, -0.1) is 0 Å². The number of carbonyl (C=O) groups excluding carboxylic acids is 2. The number of urea groups is 1. The van der Waals surface area contributed by atoms with Gasteiger partial charge in [-0.1, -0.05) is 35.9 Å². The van der Waals surface area contributed by atoms with Gasteiger partial charge in [0.1, 0.15) is 0 Å². The fraction of sp³-hybridized carbons (Fsp3) is 0.400. The van der Waals surface area contributed by atoms with Crippen LogP contribution < -0.4 is 5.32 Å². The molecule has 1 atom stereocenters. The van der Waals surface area contributed by atoms with E-state index in [0.717, 1.165) is 22.4 Å². The number of carboxylic acids is 1. The van der Waals surface area contributed by atoms with Crippen LogP contribution in [-0.2, 0) is 22.6 Å². The molecule has 2 N–H and O–H groups in total. The first-order chi connectivity index (χ1) is 16.2. The van der Waals surface area contributed by atoms with Crippen LogP contribution in [0.2, 0.25) is 5.02 Å². The monoisotopic (exact) mass is 547 g/mol. The lowest BCUT2D eigenvalue weighted by Gasteiger charge is -2.40. The van der Waals surface area contributed by atoms with Gasteiger partial charge in [0, 0.05) is 42.3 Å². The normalized spacial score (nSPS) is 17.2. The van der Waals surface area contributed by atoms with Crippen molar-refractivity contribution in [3.63, 3.8) is 0 Å². The van der Waals surface area contributed by atoms with E-state index in [1.54, 1.807) is 4.90 Å². The zero-order valence-corrected chi connectivity index (χ0v) is 21.2. The molecule has 2 aliphatic rings. The Morgan fingerprint density at radius 3 is 2.62 bits per heavy atom. The molecule has 0 bridgehead atoms. The molecular weight excluding hydrogens is 522 g/mol. The number of nitrogens with one attached hydrogen (secondary N) is 1. The number of hydrogen-bond donors (Lipinski definition) is 2. The lowest BCUT2D eigenvalue weighted by Crippen LogP contribution is -2.51. The highest BCUT2D eigenvalue weighted by Crippen LogP contribution is 2.30. The number of rotatable bonds is 6. The van der Waals surface area contributed by atoms with E-state index in [-0.39, 0.29) is 30.8 Å². The molecule has 9 heteroatoms. The van der Waals surface area contributed by atoms with Crippen molar-refractivity contribution >= 4 is 51.1 Å². The SMILES string of the molecule is Cc1cc(CC(CC(=O)N2CCC(N3Cc4ccccc4NC3=O)CC2)C(=O)O)cc(Br)c1Cl. The molecule has 0 aliphatic carbocycles. The van der Waals surface area contributed by atoms with E-state index in [2.05, 4.69) is 21.2 Å². The molecule has 1 saturated heterocycles. The van der Waals surface area contributed by atoms with Crippen molar-refractivity contribution in [3.05, 3.63) is 62.6 Å². The maximum absolute atomic E-state index is 12.9. The second-order valence-corrected chi connectivity index (χ2v) is 10.2. The standard InChI is InChI=1S/C25H27BrClN3O4/c1-15-10-16(12-20(26)23(15)27)11-18(24(32)33)13-22(31)29-8-6-19(7-9-29)30-14-17-4-2-3-5-21(17)28-25(30)34/h2-5,10,12,18-19H,6-9,11,13-14H2,1H3,(H,28,34)(H,32,33). The molecule has 180 valence electrons. The van der Waals surface area contributed by atoms with Gasteiger partial charge in [-0.3, -0.25) is 9.59 Å². The maximum Gasteiger partial charge on any atom is 0.322 e. The summed E-state index contributed by atoms with van der Waals surface area (Å²) >= 11 is 9.59. The Labute approximate surface area is 212 Å². The molecule has 0 spiro atoms. The van der Waals surface area contributed by atoms with Crippen LogP contribution in [0.3, 0.4) is 0 Å². The number of amides is 3. The van der Waals surface area contributed by atoms with Crippen LogP contribution >= 0.6 is 27.5 Å². The molecule has 1 unspecified atom stereocenters. The van der Waals surface area contributed by atoms with Crippen LogP contribution in [0.25, 0.3) is 0 Å². The molecule has 34 heavy (non-hydrogen) atoms. The third-order valence-electron chi connectivity index (χ3n) is 6.64. The number of fused-ring (bicyclic) bond motifs is 1. The Hall–Kier alpha value is -2.58. The Morgan fingerprint density at radius 1 is 1.24 bits per heavy atom. The van der Waals surface area contributed by atoms with Crippen LogP contribution in [0.15, 0.2) is 40.9 Å². The van der Waals surface area contributed by atoms with Gasteiger partial charge in [-0.2, -0.15) is 0 Å². The predicted octanol–water partition coefficient (Wildman–Crippen LogP) is 5.08. The zero-order valence-electron chi connectivity index (χ0n) is 18.9. The lowest BCUT2D eigenvalue weighted by molar-refractivity contribution is -0.146. The van der Waals surface area contributed by atoms with Gasteiger partial charge in [0.25, 0.3) is 0 Å². The number of aryl methyl sites for hydroxylation is 1. The fourth-order valence-electron chi connectivity index (χ4n) is 4.73. The number of carbonyl (C=O) groups is 3. The van der Waals surface area contributed by atoms with Crippen molar-refractivity contribution in [1.82, 2.24) is 9.80 Å². The molecule has 2 heterocycles. The minimum Gasteiger partial charge on any atom is -0.481 e. The van der Waals surface area contributed by atoms with Crippen molar-refractivity contribution in [1.29, 1.82) is 0 Å². The van der Waals surface area contributed by atoms with Crippen LogP contribution in [0.4, 0.5) is 10.5 Å². The molecule has 2 aromatic rings. The molecule has 0 aromatic heterocycles. The summed E-state index contributed by atoms with van der Waals surface area (Å²) in [6, 6.07) is 11.4. The van der Waals surface area contributed by atoms with Gasteiger partial charge in [-0.05, 0) is 70.9 Å². The van der Waals surface area contributed by atoms with Crippen LogP contribution in [0.5, 0.6) is 0 Å². The quantitative estimate of drug-likeness (QED) is 0.527. The minimum atomic E-state index is -0.990. The highest BCUT2D eigenvalue weighted by molar-refractivity contribution is 9.10. The number of carboxylic acid groups (broad SMARTS) is 1. The van der Waals surface area contributed by atoms with Gasteiger partial charge in [-0.25, -0.2) is 4.79 Å². The Bertz CT molecular complexity index is 1090. The van der Waals surface area contributed by atoms with E-state index in [0.29, 0.717) is 42.0 Å². The maximum atomic E-state index is 12.9. The molecular formula is C25H27BrClN3O4. The first-order valence-electron chi connectivity index (χ1n) is 11.3. The van der Waals surface area contributed by atoms with E-state index in [4.69, 9.17) is 11.6 Å². The zero-order chi connectivity index (χ0) is 24.4. The number of benzene rings is 2. The fourth-order valence-corrected chi connectivity index (χ4v) is 5.45. The second kappa shape index (κ2) is 10.4. The van der Waals surface area contributed by atoms with Crippen LogP contribution in [0.1, 0.15) is 36.0 Å². The highest BCUT2D eigenvalue weighted by atomic mass is 79.9. The summed E-state index contributed by atoms with van der Waals surface area (Å²) in [7, 11) is 0. The minimum absolute atomic E-state index is 0.0436. The summed E-state index contributed by atoms with van der Waals surface area (Å²) in [6.07, 6.45) is 1.53. The van der Waals surface area contributed by atoms with Gasteiger partial charge in [0.15, 0.2) is 0 Å². The number of likely N-dealkylation sites (tertiary alicyclic amines) is 1. The summed E-state index contributed by atoms with van der Waals surface area (Å²) in [5, 5.41) is 13.3. The number of aliphatic carboxylic acids is 1. The average molecular weight is 549 g/mol. The summed E-state index contributed by atoms with van der Waals surface area (Å²) in [5.74, 6) is -1.97. The summed E-state index contributed by atoms with van der Waals surface area (Å²) in [5.41, 5.74) is 3.60. The number of halogens is 2. The lowest BCUT2D eigenvalue weighted by atomic mass is 9.94. The molecule has 7 nitrogen and oxygen atoms in total. The van der Waals surface area contributed by atoms with E-state index in [9.17, 15) is 19.5 Å². The average Bonchev–Trinajstić information content (AvgIpc) is 2.81. The number of nitrogens with zero attached hydrogens (tertiary/aromatic N) is 2. The molecule has 1 fully saturated rings. The van der Waals surface area contributed by atoms with Gasteiger partial charge in [0.05, 0.1) is 10.9 Å². The molecule has 2 aromatic carbocycles. The summed E-state index contributed by atoms with van der Waals surface area (Å²) in [6.45, 7) is 3.43. The Balaban J connectivity index is 1.34. The molecule has 0 saturated carbocycles. The van der Waals surface area contributed by atoms with Gasteiger partial charge >= 0.3 is 12.0 Å². The van der Waals surface area contributed by atoms with Gasteiger partial charge < -0.3 is 20.2 Å². The molecule has 2 aliphatic heterocycles. The number of para-hydroxylation sites is 1. The third kappa shape index (κ3) is 5.39.